The highest BCUT2D eigenvalue weighted by Gasteiger charge is 2.21. The van der Waals surface area contributed by atoms with E-state index in [1.54, 1.807) is 30.3 Å². The van der Waals surface area contributed by atoms with Crippen LogP contribution in [0.5, 0.6) is 0 Å². The molecule has 22 heavy (non-hydrogen) atoms. The topological polar surface area (TPSA) is 122 Å². The van der Waals surface area contributed by atoms with E-state index < -0.39 is 23.8 Å². The zero-order valence-corrected chi connectivity index (χ0v) is 11.4. The maximum absolute atomic E-state index is 12.2. The second-order valence-electron chi connectivity index (χ2n) is 4.45. The van der Waals surface area contributed by atoms with Gasteiger partial charge < -0.3 is 16.2 Å². The molecule has 4 N–H and O–H groups in total. The average molecular weight is 299 g/mol. The number of benzene rings is 1. The van der Waals surface area contributed by atoms with Crippen LogP contribution >= 0.6 is 0 Å². The van der Waals surface area contributed by atoms with Gasteiger partial charge in [0.15, 0.2) is 0 Å². The first-order valence-electron chi connectivity index (χ1n) is 6.33. The maximum Gasteiger partial charge on any atom is 0.354 e. The lowest BCUT2D eigenvalue weighted by Crippen LogP contribution is -2.37. The molecule has 7 nitrogen and oxygen atoms in total. The summed E-state index contributed by atoms with van der Waals surface area (Å²) in [7, 11) is 0. The molecule has 0 aliphatic carbocycles. The van der Waals surface area contributed by atoms with Gasteiger partial charge in [-0.05, 0) is 17.7 Å². The highest BCUT2D eigenvalue weighted by atomic mass is 16.4. The quantitative estimate of drug-likeness (QED) is 0.751. The number of carboxylic acids is 1. The van der Waals surface area contributed by atoms with E-state index in [4.69, 9.17) is 10.8 Å². The van der Waals surface area contributed by atoms with E-state index in [2.05, 4.69) is 10.3 Å². The molecule has 0 aliphatic heterocycles. The fourth-order valence-corrected chi connectivity index (χ4v) is 1.87. The van der Waals surface area contributed by atoms with E-state index in [9.17, 15) is 14.4 Å². The highest BCUT2D eigenvalue weighted by Crippen LogP contribution is 2.13. The number of hydrogen-bond acceptors (Lipinski definition) is 4. The second-order valence-corrected chi connectivity index (χ2v) is 4.45. The standard InChI is InChI=1S/C15H13N3O4/c16-13(19)12(9-4-2-1-3-5-9)18-14(20)10-6-7-17-11(8-10)15(21)22/h1-8,12H,(H2,16,19)(H,18,20)(H,21,22). The lowest BCUT2D eigenvalue weighted by atomic mass is 10.1. The molecule has 112 valence electrons. The number of rotatable bonds is 5. The molecule has 7 heteroatoms. The van der Waals surface area contributed by atoms with Gasteiger partial charge in [0.25, 0.3) is 5.91 Å². The van der Waals surface area contributed by atoms with Gasteiger partial charge in [-0.25, -0.2) is 9.78 Å². The number of pyridine rings is 1. The van der Waals surface area contributed by atoms with E-state index >= 15 is 0 Å². The molecule has 1 atom stereocenters. The summed E-state index contributed by atoms with van der Waals surface area (Å²) in [5.74, 6) is -2.58. The molecule has 1 aromatic carbocycles. The van der Waals surface area contributed by atoms with Crippen LogP contribution in [0.3, 0.4) is 0 Å². The predicted molar refractivity (Wildman–Crippen MR) is 77.0 cm³/mol. The molecule has 0 aliphatic rings. The van der Waals surface area contributed by atoms with Crippen LogP contribution in [0.1, 0.15) is 32.5 Å². The first kappa shape index (κ1) is 15.2. The number of carboxylic acid groups (broad SMARTS) is 1. The van der Waals surface area contributed by atoms with Gasteiger partial charge in [-0.2, -0.15) is 0 Å². The van der Waals surface area contributed by atoms with Gasteiger partial charge in [0.2, 0.25) is 5.91 Å². The molecular formula is C15H13N3O4. The summed E-state index contributed by atoms with van der Waals surface area (Å²) in [5, 5.41) is 11.4. The van der Waals surface area contributed by atoms with Crippen molar-refractivity contribution in [3.63, 3.8) is 0 Å². The number of nitrogens with one attached hydrogen (secondary N) is 1. The molecule has 0 spiro atoms. The van der Waals surface area contributed by atoms with Crippen LogP contribution in [0, 0.1) is 0 Å². The van der Waals surface area contributed by atoms with E-state index in [0.29, 0.717) is 5.56 Å². The smallest absolute Gasteiger partial charge is 0.354 e. The van der Waals surface area contributed by atoms with Crippen molar-refractivity contribution in [2.24, 2.45) is 5.73 Å². The van der Waals surface area contributed by atoms with Gasteiger partial charge in [-0.15, -0.1) is 0 Å². The number of primary amides is 1. The van der Waals surface area contributed by atoms with Gasteiger partial charge in [0.05, 0.1) is 0 Å². The van der Waals surface area contributed by atoms with E-state index in [0.717, 1.165) is 6.07 Å². The molecule has 1 unspecified atom stereocenters. The number of carbonyl (C=O) groups excluding carboxylic acids is 2. The third-order valence-corrected chi connectivity index (χ3v) is 2.93. The van der Waals surface area contributed by atoms with Crippen LogP contribution in [0.4, 0.5) is 0 Å². The third kappa shape index (κ3) is 3.45. The van der Waals surface area contributed by atoms with Gasteiger partial charge in [-0.3, -0.25) is 9.59 Å². The number of carbonyl (C=O) groups is 3. The van der Waals surface area contributed by atoms with Crippen molar-refractivity contribution in [2.75, 3.05) is 0 Å². The minimum Gasteiger partial charge on any atom is -0.477 e. The summed E-state index contributed by atoms with van der Waals surface area (Å²) < 4.78 is 0. The van der Waals surface area contributed by atoms with Crippen molar-refractivity contribution in [3.05, 3.63) is 65.5 Å². The Morgan fingerprint density at radius 2 is 1.82 bits per heavy atom. The van der Waals surface area contributed by atoms with Gasteiger partial charge in [0, 0.05) is 11.8 Å². The zero-order chi connectivity index (χ0) is 16.1. The van der Waals surface area contributed by atoms with E-state index in [-0.39, 0.29) is 11.3 Å². The monoisotopic (exact) mass is 299 g/mol. The zero-order valence-electron chi connectivity index (χ0n) is 11.4. The first-order valence-corrected chi connectivity index (χ1v) is 6.33. The molecule has 0 saturated carbocycles. The molecule has 0 fully saturated rings. The number of nitrogens with zero attached hydrogens (tertiary/aromatic N) is 1. The molecule has 0 saturated heterocycles. The number of aromatic nitrogens is 1. The molecule has 1 aromatic heterocycles. The largest absolute Gasteiger partial charge is 0.477 e. The lowest BCUT2D eigenvalue weighted by molar-refractivity contribution is -0.120. The summed E-state index contributed by atoms with van der Waals surface area (Å²) in [6.45, 7) is 0. The summed E-state index contributed by atoms with van der Waals surface area (Å²) >= 11 is 0. The predicted octanol–water partition coefficient (Wildman–Crippen LogP) is 0.736. The van der Waals surface area contributed by atoms with E-state index in [1.807, 2.05) is 0 Å². The first-order chi connectivity index (χ1) is 10.5. The second kappa shape index (κ2) is 6.49. The Balaban J connectivity index is 2.24. The van der Waals surface area contributed by atoms with Crippen LogP contribution in [0.15, 0.2) is 48.7 Å². The number of amides is 2. The average Bonchev–Trinajstić information content (AvgIpc) is 2.53. The van der Waals surface area contributed by atoms with Crippen LogP contribution in [0.2, 0.25) is 0 Å². The van der Waals surface area contributed by atoms with Gasteiger partial charge in [0.1, 0.15) is 11.7 Å². The van der Waals surface area contributed by atoms with E-state index in [1.165, 1.54) is 12.3 Å². The minimum absolute atomic E-state index is 0.0783. The molecule has 2 rings (SSSR count). The van der Waals surface area contributed by atoms with Crippen molar-refractivity contribution in [2.45, 2.75) is 6.04 Å². The molecule has 1 heterocycles. The Hall–Kier alpha value is -3.22. The van der Waals surface area contributed by atoms with Gasteiger partial charge in [-0.1, -0.05) is 30.3 Å². The van der Waals surface area contributed by atoms with Crippen molar-refractivity contribution in [1.82, 2.24) is 10.3 Å². The summed E-state index contributed by atoms with van der Waals surface area (Å²) in [6, 6.07) is 9.99. The number of aromatic carboxylic acids is 1. The maximum atomic E-state index is 12.2. The Morgan fingerprint density at radius 1 is 1.14 bits per heavy atom. The molecule has 0 bridgehead atoms. The highest BCUT2D eigenvalue weighted by molar-refractivity contribution is 5.99. The number of hydrogen-bond donors (Lipinski definition) is 3. The fourth-order valence-electron chi connectivity index (χ4n) is 1.87. The Kier molecular flexibility index (Phi) is 4.47. The normalized spacial score (nSPS) is 11.5. The Labute approximate surface area is 125 Å². The van der Waals surface area contributed by atoms with Crippen molar-refractivity contribution < 1.29 is 19.5 Å². The van der Waals surface area contributed by atoms with Crippen LogP contribution in [-0.2, 0) is 4.79 Å². The van der Waals surface area contributed by atoms with Crippen LogP contribution < -0.4 is 11.1 Å². The Bertz CT molecular complexity index is 716. The molecule has 2 amide bonds. The molecule has 2 aromatic rings. The van der Waals surface area contributed by atoms with Crippen molar-refractivity contribution in [1.29, 1.82) is 0 Å². The SMILES string of the molecule is NC(=O)C(NC(=O)c1ccnc(C(=O)O)c1)c1ccccc1. The minimum atomic E-state index is -1.25. The van der Waals surface area contributed by atoms with Crippen LogP contribution in [-0.4, -0.2) is 27.9 Å². The third-order valence-electron chi connectivity index (χ3n) is 2.93. The Morgan fingerprint density at radius 3 is 2.41 bits per heavy atom. The molecular weight excluding hydrogens is 286 g/mol. The van der Waals surface area contributed by atoms with Crippen LogP contribution in [0.25, 0.3) is 0 Å². The number of nitrogens with two attached hydrogens (primary N) is 1. The molecule has 0 radical (unpaired) electrons. The van der Waals surface area contributed by atoms with Gasteiger partial charge >= 0.3 is 5.97 Å². The summed E-state index contributed by atoms with van der Waals surface area (Å²) in [4.78, 5) is 38.2. The van der Waals surface area contributed by atoms with Crippen molar-refractivity contribution >= 4 is 17.8 Å². The fraction of sp³-hybridized carbons (Fsp3) is 0.0667. The summed E-state index contributed by atoms with van der Waals surface area (Å²) in [5.41, 5.74) is 5.67. The van der Waals surface area contributed by atoms with Crippen molar-refractivity contribution in [3.8, 4) is 0 Å². The summed E-state index contributed by atoms with van der Waals surface area (Å²) in [6.07, 6.45) is 1.21. The lowest BCUT2D eigenvalue weighted by Gasteiger charge is -2.15.